The average molecular weight is 379 g/mol. The van der Waals surface area contributed by atoms with Crippen LogP contribution in [0.1, 0.15) is 13.3 Å². The first-order valence-electron chi connectivity index (χ1n) is 8.38. The van der Waals surface area contributed by atoms with Crippen molar-refractivity contribution in [1.82, 2.24) is 19.7 Å². The van der Waals surface area contributed by atoms with Crippen molar-refractivity contribution < 1.29 is 4.79 Å². The number of nitrogen functional groups attached to an aromatic ring is 1. The number of amides is 1. The summed E-state index contributed by atoms with van der Waals surface area (Å²) in [5, 5.41) is 11.0. The molecule has 0 aliphatic heterocycles. The van der Waals surface area contributed by atoms with E-state index >= 15 is 0 Å². The van der Waals surface area contributed by atoms with Crippen molar-refractivity contribution in [3.8, 4) is 5.13 Å². The second-order valence-electron chi connectivity index (χ2n) is 5.77. The van der Waals surface area contributed by atoms with Gasteiger partial charge in [0.1, 0.15) is 0 Å². The lowest BCUT2D eigenvalue weighted by molar-refractivity contribution is -0.115. The van der Waals surface area contributed by atoms with Gasteiger partial charge in [0.25, 0.3) is 0 Å². The summed E-state index contributed by atoms with van der Waals surface area (Å²) in [5.74, 6) is 0.597. The predicted octanol–water partition coefficient (Wildman–Crippen LogP) is 3.55. The summed E-state index contributed by atoms with van der Waals surface area (Å²) in [6.07, 6.45) is 0.437. The summed E-state index contributed by atoms with van der Waals surface area (Å²) >= 11 is 1.50. The lowest BCUT2D eigenvalue weighted by Gasteiger charge is -2.05. The molecule has 136 valence electrons. The van der Waals surface area contributed by atoms with Crippen LogP contribution in [0.3, 0.4) is 0 Å². The highest BCUT2D eigenvalue weighted by molar-refractivity contribution is 7.20. The molecule has 4 aromatic rings. The van der Waals surface area contributed by atoms with E-state index < -0.39 is 0 Å². The number of aromatic nitrogens is 4. The van der Waals surface area contributed by atoms with Crippen LogP contribution < -0.4 is 16.4 Å². The van der Waals surface area contributed by atoms with Gasteiger partial charge in [0.2, 0.25) is 22.9 Å². The number of thiazole rings is 1. The number of nitrogens with zero attached hydrogens (tertiary/aromatic N) is 4. The highest BCUT2D eigenvalue weighted by Gasteiger charge is 2.13. The Labute approximate surface area is 159 Å². The first-order chi connectivity index (χ1) is 13.1. The van der Waals surface area contributed by atoms with Gasteiger partial charge in [0.05, 0.1) is 10.2 Å². The van der Waals surface area contributed by atoms with Crippen molar-refractivity contribution in [2.45, 2.75) is 13.3 Å². The molecule has 27 heavy (non-hydrogen) atoms. The number of rotatable bonds is 5. The molecule has 0 saturated heterocycles. The van der Waals surface area contributed by atoms with Gasteiger partial charge in [-0.25, -0.2) is 4.98 Å². The quantitative estimate of drug-likeness (QED) is 0.489. The fraction of sp³-hybridized carbons (Fsp3) is 0.111. The maximum atomic E-state index is 11.4. The van der Waals surface area contributed by atoms with Crippen molar-refractivity contribution in [1.29, 1.82) is 0 Å². The van der Waals surface area contributed by atoms with Crippen LogP contribution in [0.25, 0.3) is 15.3 Å². The molecule has 0 aliphatic carbocycles. The maximum absolute atomic E-state index is 11.4. The average Bonchev–Trinajstić information content (AvgIpc) is 3.26. The zero-order valence-corrected chi connectivity index (χ0v) is 15.3. The van der Waals surface area contributed by atoms with Crippen LogP contribution in [0.5, 0.6) is 0 Å². The van der Waals surface area contributed by atoms with E-state index in [-0.39, 0.29) is 11.9 Å². The zero-order valence-electron chi connectivity index (χ0n) is 14.5. The molecule has 0 aliphatic rings. The molecule has 1 amide bonds. The summed E-state index contributed by atoms with van der Waals surface area (Å²) in [6, 6.07) is 15.1. The topological polar surface area (TPSA) is 111 Å². The molecular weight excluding hydrogens is 362 g/mol. The number of hydrogen-bond donors (Lipinski definition) is 3. The SMILES string of the molecule is CCC(=O)Nc1ccc(Nc2nc(N)n(-c3nc4ccccc4s3)n2)cc1. The van der Waals surface area contributed by atoms with Gasteiger partial charge >= 0.3 is 0 Å². The zero-order chi connectivity index (χ0) is 18.8. The monoisotopic (exact) mass is 379 g/mol. The van der Waals surface area contributed by atoms with Crippen LogP contribution >= 0.6 is 11.3 Å². The van der Waals surface area contributed by atoms with Crippen LogP contribution in [0, 0.1) is 0 Å². The molecule has 2 aromatic heterocycles. The van der Waals surface area contributed by atoms with Crippen LogP contribution in [0.15, 0.2) is 48.5 Å². The summed E-state index contributed by atoms with van der Waals surface area (Å²) in [7, 11) is 0. The third kappa shape index (κ3) is 3.58. The molecule has 2 aromatic carbocycles. The molecule has 0 atom stereocenters. The van der Waals surface area contributed by atoms with Gasteiger partial charge in [-0.1, -0.05) is 30.4 Å². The molecule has 0 saturated carbocycles. The fourth-order valence-corrected chi connectivity index (χ4v) is 3.41. The molecular formula is C18H17N7OS. The van der Waals surface area contributed by atoms with Gasteiger partial charge < -0.3 is 16.4 Å². The van der Waals surface area contributed by atoms with Crippen molar-refractivity contribution in [3.63, 3.8) is 0 Å². The molecule has 0 fully saturated rings. The van der Waals surface area contributed by atoms with Gasteiger partial charge in [-0.15, -0.1) is 5.10 Å². The lowest BCUT2D eigenvalue weighted by Crippen LogP contribution is -2.09. The minimum absolute atomic E-state index is 0.0280. The minimum atomic E-state index is -0.0280. The number of carbonyl (C=O) groups excluding carboxylic acids is 1. The van der Waals surface area contributed by atoms with E-state index in [9.17, 15) is 4.79 Å². The largest absolute Gasteiger partial charge is 0.368 e. The van der Waals surface area contributed by atoms with Crippen molar-refractivity contribution in [2.24, 2.45) is 0 Å². The molecule has 0 unspecified atom stereocenters. The Bertz CT molecular complexity index is 1070. The first kappa shape index (κ1) is 17.0. The molecule has 0 bridgehead atoms. The predicted molar refractivity (Wildman–Crippen MR) is 108 cm³/mol. The molecule has 8 nitrogen and oxygen atoms in total. The molecule has 9 heteroatoms. The molecule has 2 heterocycles. The summed E-state index contributed by atoms with van der Waals surface area (Å²) in [6.45, 7) is 1.81. The smallest absolute Gasteiger partial charge is 0.248 e. The van der Waals surface area contributed by atoms with Crippen molar-refractivity contribution in [2.75, 3.05) is 16.4 Å². The van der Waals surface area contributed by atoms with E-state index in [2.05, 4.69) is 25.7 Å². The highest BCUT2D eigenvalue weighted by Crippen LogP contribution is 2.26. The van der Waals surface area contributed by atoms with Crippen LogP contribution in [0.2, 0.25) is 0 Å². The Morgan fingerprint density at radius 3 is 2.59 bits per heavy atom. The second kappa shape index (κ2) is 7.04. The van der Waals surface area contributed by atoms with Gasteiger partial charge in [0, 0.05) is 17.8 Å². The van der Waals surface area contributed by atoms with Gasteiger partial charge in [0.15, 0.2) is 0 Å². The number of hydrogen-bond acceptors (Lipinski definition) is 7. The van der Waals surface area contributed by atoms with Crippen LogP contribution in [0.4, 0.5) is 23.3 Å². The van der Waals surface area contributed by atoms with Crippen molar-refractivity contribution in [3.05, 3.63) is 48.5 Å². The van der Waals surface area contributed by atoms with E-state index in [1.165, 1.54) is 16.0 Å². The fourth-order valence-electron chi connectivity index (χ4n) is 2.48. The number of para-hydroxylation sites is 1. The van der Waals surface area contributed by atoms with E-state index in [1.54, 1.807) is 0 Å². The molecule has 0 radical (unpaired) electrons. The number of nitrogens with one attached hydrogen (secondary N) is 2. The standard InChI is InChI=1S/C18H17N7OS/c1-2-15(26)20-11-7-9-12(10-8-11)21-17-23-16(19)25(24-17)18-22-13-5-3-4-6-14(13)27-18/h3-10H,2H2,1H3,(H,20,26)(H3,19,21,23,24). The highest BCUT2D eigenvalue weighted by atomic mass is 32.1. The third-order valence-corrected chi connectivity index (χ3v) is 4.85. The Kier molecular flexibility index (Phi) is 4.43. The Balaban J connectivity index is 1.54. The van der Waals surface area contributed by atoms with Gasteiger partial charge in [-0.2, -0.15) is 9.67 Å². The number of fused-ring (bicyclic) bond motifs is 1. The second-order valence-corrected chi connectivity index (χ2v) is 6.78. The summed E-state index contributed by atoms with van der Waals surface area (Å²) in [5.41, 5.74) is 8.43. The number of benzene rings is 2. The van der Waals surface area contributed by atoms with E-state index in [0.717, 1.165) is 21.6 Å². The Morgan fingerprint density at radius 1 is 1.11 bits per heavy atom. The van der Waals surface area contributed by atoms with Crippen LogP contribution in [-0.4, -0.2) is 25.7 Å². The molecule has 0 spiro atoms. The first-order valence-corrected chi connectivity index (χ1v) is 9.19. The number of carbonyl (C=O) groups is 1. The van der Waals surface area contributed by atoms with Gasteiger partial charge in [-0.3, -0.25) is 4.79 Å². The van der Waals surface area contributed by atoms with Crippen molar-refractivity contribution >= 4 is 50.7 Å². The van der Waals surface area contributed by atoms with E-state index in [1.807, 2.05) is 55.5 Å². The van der Waals surface area contributed by atoms with E-state index in [4.69, 9.17) is 5.73 Å². The normalized spacial score (nSPS) is 10.9. The number of nitrogens with two attached hydrogens (primary N) is 1. The lowest BCUT2D eigenvalue weighted by atomic mass is 10.2. The Morgan fingerprint density at radius 2 is 1.85 bits per heavy atom. The Hall–Kier alpha value is -3.46. The molecule has 4 N–H and O–H groups in total. The van der Waals surface area contributed by atoms with E-state index in [0.29, 0.717) is 17.5 Å². The number of anilines is 4. The third-order valence-electron chi connectivity index (χ3n) is 3.84. The minimum Gasteiger partial charge on any atom is -0.368 e. The summed E-state index contributed by atoms with van der Waals surface area (Å²) < 4.78 is 2.57. The van der Waals surface area contributed by atoms with Gasteiger partial charge in [-0.05, 0) is 36.4 Å². The maximum Gasteiger partial charge on any atom is 0.248 e. The summed E-state index contributed by atoms with van der Waals surface area (Å²) in [4.78, 5) is 20.2. The molecule has 4 rings (SSSR count). The van der Waals surface area contributed by atoms with Crippen LogP contribution in [-0.2, 0) is 4.79 Å².